The van der Waals surface area contributed by atoms with Crippen LogP contribution in [0.4, 0.5) is 0 Å². The van der Waals surface area contributed by atoms with Crippen LogP contribution in [0.15, 0.2) is 119 Å². The van der Waals surface area contributed by atoms with Gasteiger partial charge < -0.3 is 4.42 Å². The predicted octanol–water partition coefficient (Wildman–Crippen LogP) is 5.92. The summed E-state index contributed by atoms with van der Waals surface area (Å²) in [5.74, 6) is -0.907. The predicted molar refractivity (Wildman–Crippen MR) is 128 cm³/mol. The molecule has 0 aliphatic rings. The highest BCUT2D eigenvalue weighted by Gasteiger charge is 2.26. The van der Waals surface area contributed by atoms with Crippen molar-refractivity contribution in [2.45, 2.75) is 0 Å². The second-order valence-electron chi connectivity index (χ2n) is 7.60. The van der Waals surface area contributed by atoms with Crippen molar-refractivity contribution in [3.63, 3.8) is 0 Å². The number of hydrogen-bond donors (Lipinski definition) is 0. The number of ketones is 2. The number of benzene rings is 3. The van der Waals surface area contributed by atoms with Crippen LogP contribution in [0, 0.1) is 0 Å². The summed E-state index contributed by atoms with van der Waals surface area (Å²) in [5, 5.41) is 0.567. The van der Waals surface area contributed by atoms with E-state index in [1.807, 2.05) is 30.3 Å². The third kappa shape index (κ3) is 3.68. The molecule has 0 radical (unpaired) electrons. The first-order chi connectivity index (χ1) is 16.1. The molecule has 4 aromatic carbocycles. The van der Waals surface area contributed by atoms with Crippen LogP contribution in [-0.2, 0) is 0 Å². The monoisotopic (exact) mass is 430 g/mol. The highest BCUT2D eigenvalue weighted by atomic mass is 16.3. The van der Waals surface area contributed by atoms with Crippen LogP contribution in [0.25, 0.3) is 22.1 Å². The third-order valence-electron chi connectivity index (χ3n) is 5.55. The Hall–Kier alpha value is -4.57. The summed E-state index contributed by atoms with van der Waals surface area (Å²) in [6, 6.07) is 29.5. The second-order valence-corrected chi connectivity index (χ2v) is 7.60. The molecule has 1 aromatic heterocycles. The molecule has 158 valence electrons. The molecule has 0 atom stereocenters. The molecular weight excluding hydrogens is 412 g/mol. The SMILES string of the molecule is O=C(c1ccccc1)c1cc2ccoc2c(-c2ccccc2)c(C(=O)c2ccccc2)c1=O. The van der Waals surface area contributed by atoms with Gasteiger partial charge in [0.05, 0.1) is 17.4 Å². The smallest absolute Gasteiger partial charge is 0.201 e. The maximum absolute atomic E-state index is 13.9. The van der Waals surface area contributed by atoms with Gasteiger partial charge in [-0.05, 0) is 17.7 Å². The number of fused-ring (bicyclic) bond motifs is 1. The van der Waals surface area contributed by atoms with Gasteiger partial charge in [0.15, 0.2) is 11.6 Å². The van der Waals surface area contributed by atoms with E-state index in [1.165, 1.54) is 12.3 Å². The summed E-state index contributed by atoms with van der Waals surface area (Å²) in [4.78, 5) is 41.0. The van der Waals surface area contributed by atoms with E-state index in [9.17, 15) is 14.4 Å². The van der Waals surface area contributed by atoms with E-state index in [4.69, 9.17) is 4.42 Å². The summed E-state index contributed by atoms with van der Waals surface area (Å²) >= 11 is 0. The van der Waals surface area contributed by atoms with Gasteiger partial charge in [-0.1, -0.05) is 91.0 Å². The van der Waals surface area contributed by atoms with E-state index in [0.29, 0.717) is 33.2 Å². The highest BCUT2D eigenvalue weighted by molar-refractivity contribution is 6.18. The molecule has 0 bridgehead atoms. The van der Waals surface area contributed by atoms with Crippen molar-refractivity contribution in [1.82, 2.24) is 0 Å². The van der Waals surface area contributed by atoms with Gasteiger partial charge in [-0.15, -0.1) is 0 Å². The lowest BCUT2D eigenvalue weighted by molar-refractivity contribution is 0.103. The summed E-state index contributed by atoms with van der Waals surface area (Å²) in [5.41, 5.74) is 1.36. The Labute approximate surface area is 189 Å². The molecule has 0 aliphatic carbocycles. The molecule has 0 unspecified atom stereocenters. The maximum Gasteiger partial charge on any atom is 0.201 e. The molecular formula is C29H18O4. The Morgan fingerprint density at radius 1 is 0.636 bits per heavy atom. The molecule has 0 saturated carbocycles. The van der Waals surface area contributed by atoms with Gasteiger partial charge in [0, 0.05) is 22.1 Å². The van der Waals surface area contributed by atoms with Crippen molar-refractivity contribution in [1.29, 1.82) is 0 Å². The first-order valence-electron chi connectivity index (χ1n) is 10.5. The van der Waals surface area contributed by atoms with E-state index in [-0.39, 0.29) is 11.1 Å². The lowest BCUT2D eigenvalue weighted by Crippen LogP contribution is -2.22. The molecule has 4 nitrogen and oxygen atoms in total. The van der Waals surface area contributed by atoms with E-state index in [2.05, 4.69) is 0 Å². The average Bonchev–Trinajstić information content (AvgIpc) is 3.29. The Kier molecular flexibility index (Phi) is 5.25. The summed E-state index contributed by atoms with van der Waals surface area (Å²) in [6.07, 6.45) is 1.50. The number of carbonyl (C=O) groups excluding carboxylic acids is 2. The zero-order valence-corrected chi connectivity index (χ0v) is 17.5. The van der Waals surface area contributed by atoms with Gasteiger partial charge in [0.1, 0.15) is 5.58 Å². The van der Waals surface area contributed by atoms with Crippen molar-refractivity contribution in [3.05, 3.63) is 142 Å². The quantitative estimate of drug-likeness (QED) is 0.325. The minimum atomic E-state index is -0.622. The lowest BCUT2D eigenvalue weighted by atomic mass is 9.93. The van der Waals surface area contributed by atoms with Gasteiger partial charge in [-0.3, -0.25) is 14.4 Å². The van der Waals surface area contributed by atoms with E-state index >= 15 is 0 Å². The molecule has 0 amide bonds. The van der Waals surface area contributed by atoms with Crippen molar-refractivity contribution in [2.75, 3.05) is 0 Å². The fourth-order valence-electron chi connectivity index (χ4n) is 3.96. The minimum Gasteiger partial charge on any atom is -0.464 e. The van der Waals surface area contributed by atoms with Crippen LogP contribution in [0.2, 0.25) is 0 Å². The highest BCUT2D eigenvalue weighted by Crippen LogP contribution is 2.32. The average molecular weight is 430 g/mol. The normalized spacial score (nSPS) is 10.8. The van der Waals surface area contributed by atoms with Crippen LogP contribution in [0.3, 0.4) is 0 Å². The zero-order valence-electron chi connectivity index (χ0n) is 17.5. The first kappa shape index (κ1) is 20.3. The lowest BCUT2D eigenvalue weighted by Gasteiger charge is -2.07. The van der Waals surface area contributed by atoms with Crippen molar-refractivity contribution < 1.29 is 14.0 Å². The Morgan fingerprint density at radius 3 is 1.79 bits per heavy atom. The zero-order chi connectivity index (χ0) is 22.8. The van der Waals surface area contributed by atoms with Gasteiger partial charge >= 0.3 is 0 Å². The number of hydrogen-bond acceptors (Lipinski definition) is 4. The van der Waals surface area contributed by atoms with Crippen molar-refractivity contribution in [3.8, 4) is 11.1 Å². The third-order valence-corrected chi connectivity index (χ3v) is 5.55. The first-order valence-corrected chi connectivity index (χ1v) is 10.5. The van der Waals surface area contributed by atoms with Crippen LogP contribution in [0.1, 0.15) is 31.8 Å². The van der Waals surface area contributed by atoms with E-state index < -0.39 is 17.0 Å². The summed E-state index contributed by atoms with van der Waals surface area (Å²) < 4.78 is 5.78. The summed E-state index contributed by atoms with van der Waals surface area (Å²) in [6.45, 7) is 0. The molecule has 0 spiro atoms. The topological polar surface area (TPSA) is 64.3 Å². The van der Waals surface area contributed by atoms with Gasteiger partial charge in [-0.2, -0.15) is 0 Å². The van der Waals surface area contributed by atoms with Crippen molar-refractivity contribution in [2.24, 2.45) is 0 Å². The van der Waals surface area contributed by atoms with Gasteiger partial charge in [-0.25, -0.2) is 0 Å². The number of carbonyl (C=O) groups is 2. The second kappa shape index (κ2) is 8.52. The van der Waals surface area contributed by atoms with Gasteiger partial charge in [0.25, 0.3) is 0 Å². The Bertz CT molecular complexity index is 1530. The van der Waals surface area contributed by atoms with Crippen LogP contribution in [0.5, 0.6) is 0 Å². The summed E-state index contributed by atoms with van der Waals surface area (Å²) in [7, 11) is 0. The fraction of sp³-hybridized carbons (Fsp3) is 0. The van der Waals surface area contributed by atoms with Crippen LogP contribution in [-0.4, -0.2) is 11.6 Å². The van der Waals surface area contributed by atoms with E-state index in [1.54, 1.807) is 66.7 Å². The molecule has 4 heteroatoms. The molecule has 33 heavy (non-hydrogen) atoms. The fourth-order valence-corrected chi connectivity index (χ4v) is 3.96. The molecule has 0 fully saturated rings. The maximum atomic E-state index is 13.9. The largest absolute Gasteiger partial charge is 0.464 e. The van der Waals surface area contributed by atoms with Crippen LogP contribution < -0.4 is 5.43 Å². The van der Waals surface area contributed by atoms with Crippen molar-refractivity contribution >= 4 is 22.5 Å². The Morgan fingerprint density at radius 2 is 1.18 bits per heavy atom. The number of furan rings is 1. The molecule has 1 heterocycles. The Balaban J connectivity index is 1.91. The molecule has 5 aromatic rings. The van der Waals surface area contributed by atoms with Gasteiger partial charge in [0.2, 0.25) is 5.43 Å². The van der Waals surface area contributed by atoms with Crippen LogP contribution >= 0.6 is 0 Å². The standard InChI is InChI=1S/C29H18O4/c30-26(20-12-6-2-7-13-20)23-18-22-16-17-33-29(22)24(19-10-4-1-5-11-19)25(28(23)32)27(31)21-14-8-3-9-15-21/h1-18H. The number of rotatable bonds is 5. The molecule has 5 rings (SSSR count). The molecule has 0 saturated heterocycles. The molecule has 0 aliphatic heterocycles. The van der Waals surface area contributed by atoms with E-state index in [0.717, 1.165) is 0 Å². The minimum absolute atomic E-state index is 0.0749. The molecule has 0 N–H and O–H groups in total.